The van der Waals surface area contributed by atoms with Gasteiger partial charge >= 0.3 is 0 Å². The smallest absolute Gasteiger partial charge is 0.244 e. The van der Waals surface area contributed by atoms with Crippen molar-refractivity contribution in [2.45, 2.75) is 57.8 Å². The van der Waals surface area contributed by atoms with Gasteiger partial charge in [-0.15, -0.1) is 11.3 Å². The van der Waals surface area contributed by atoms with Crippen LogP contribution in [-0.2, 0) is 9.53 Å². The van der Waals surface area contributed by atoms with Crippen LogP contribution in [0.1, 0.15) is 51.1 Å². The summed E-state index contributed by atoms with van der Waals surface area (Å²) in [5, 5.41) is 5.61. The maximum Gasteiger partial charge on any atom is 0.244 e. The number of carbonyl (C=O) groups is 1. The van der Waals surface area contributed by atoms with Crippen LogP contribution >= 0.6 is 11.3 Å². The highest BCUT2D eigenvalue weighted by atomic mass is 32.1. The van der Waals surface area contributed by atoms with E-state index in [1.54, 1.807) is 18.4 Å². The summed E-state index contributed by atoms with van der Waals surface area (Å²) in [7, 11) is 1.70. The molecule has 118 valence electrons. The molecule has 3 atom stereocenters. The second kappa shape index (κ2) is 6.90. The highest BCUT2D eigenvalue weighted by molar-refractivity contribution is 7.10. The predicted octanol–water partition coefficient (Wildman–Crippen LogP) is 3.16. The number of rotatable bonds is 7. The van der Waals surface area contributed by atoms with Crippen LogP contribution in [-0.4, -0.2) is 36.1 Å². The van der Waals surface area contributed by atoms with E-state index in [2.05, 4.69) is 30.6 Å². The van der Waals surface area contributed by atoms with Crippen LogP contribution in [0.15, 0.2) is 17.5 Å². The molecule has 0 aliphatic carbocycles. The number of nitrogens with one attached hydrogen (secondary N) is 1. The Morgan fingerprint density at radius 2 is 2.29 bits per heavy atom. The molecule has 0 saturated carbocycles. The molecule has 0 spiro atoms. The van der Waals surface area contributed by atoms with E-state index in [0.29, 0.717) is 6.61 Å². The van der Waals surface area contributed by atoms with Gasteiger partial charge in [-0.3, -0.25) is 10.1 Å². The molecular formula is C16H26N2O2S. The van der Waals surface area contributed by atoms with Crippen LogP contribution in [0.3, 0.4) is 0 Å². The Morgan fingerprint density at radius 3 is 2.81 bits per heavy atom. The van der Waals surface area contributed by atoms with Crippen LogP contribution in [0.5, 0.6) is 0 Å². The molecule has 1 aliphatic heterocycles. The van der Waals surface area contributed by atoms with Gasteiger partial charge in [-0.05, 0) is 31.2 Å². The normalized spacial score (nSPS) is 27.3. The second-order valence-electron chi connectivity index (χ2n) is 5.86. The maximum atomic E-state index is 13.0. The molecule has 1 fully saturated rings. The molecule has 1 amide bonds. The van der Waals surface area contributed by atoms with Crippen LogP contribution in [0.4, 0.5) is 0 Å². The van der Waals surface area contributed by atoms with Gasteiger partial charge in [0.25, 0.3) is 0 Å². The molecular weight excluding hydrogens is 284 g/mol. The highest BCUT2D eigenvalue weighted by Crippen LogP contribution is 2.36. The Balaban J connectivity index is 2.34. The number of thiophene rings is 1. The number of nitrogens with zero attached hydrogens (tertiary/aromatic N) is 1. The first-order valence-corrected chi connectivity index (χ1v) is 8.58. The van der Waals surface area contributed by atoms with Gasteiger partial charge in [-0.25, -0.2) is 0 Å². The molecule has 21 heavy (non-hydrogen) atoms. The van der Waals surface area contributed by atoms with E-state index in [0.717, 1.165) is 19.3 Å². The molecule has 4 nitrogen and oxygen atoms in total. The molecule has 1 saturated heterocycles. The molecule has 2 heterocycles. The van der Waals surface area contributed by atoms with Gasteiger partial charge in [0.15, 0.2) is 0 Å². The first-order valence-electron chi connectivity index (χ1n) is 7.70. The average Bonchev–Trinajstić information content (AvgIpc) is 3.07. The number of methoxy groups -OCH3 is 1. The third-order valence-corrected chi connectivity index (χ3v) is 5.26. The summed E-state index contributed by atoms with van der Waals surface area (Å²) in [5.41, 5.74) is -0.478. The summed E-state index contributed by atoms with van der Waals surface area (Å²) in [6.45, 7) is 6.80. The zero-order chi connectivity index (χ0) is 15.5. The fourth-order valence-corrected chi connectivity index (χ4v) is 3.72. The van der Waals surface area contributed by atoms with Crippen LogP contribution in [0.2, 0.25) is 0 Å². The number of amides is 1. The molecule has 0 aromatic carbocycles. The Labute approximate surface area is 131 Å². The van der Waals surface area contributed by atoms with E-state index in [9.17, 15) is 4.79 Å². The SMILES string of the molecule is CCCC(COC)N1C(=O)C(C)(CC)NC1c1cccs1. The fraction of sp³-hybridized carbons (Fsp3) is 0.688. The van der Waals surface area contributed by atoms with Gasteiger partial charge in [-0.2, -0.15) is 0 Å². The number of ether oxygens (including phenoxy) is 1. The fourth-order valence-electron chi connectivity index (χ4n) is 2.95. The Bertz CT molecular complexity index is 457. The van der Waals surface area contributed by atoms with Gasteiger partial charge in [0.05, 0.1) is 18.2 Å². The van der Waals surface area contributed by atoms with E-state index in [1.807, 2.05) is 17.9 Å². The van der Waals surface area contributed by atoms with Gasteiger partial charge in [0.1, 0.15) is 6.17 Å². The Kier molecular flexibility index (Phi) is 5.41. The van der Waals surface area contributed by atoms with Crippen molar-refractivity contribution in [3.63, 3.8) is 0 Å². The lowest BCUT2D eigenvalue weighted by Crippen LogP contribution is -2.46. The summed E-state index contributed by atoms with van der Waals surface area (Å²) >= 11 is 1.69. The largest absolute Gasteiger partial charge is 0.383 e. The quantitative estimate of drug-likeness (QED) is 0.841. The summed E-state index contributed by atoms with van der Waals surface area (Å²) < 4.78 is 5.37. The zero-order valence-corrected chi connectivity index (χ0v) is 14.2. The van der Waals surface area contributed by atoms with Crippen molar-refractivity contribution < 1.29 is 9.53 Å². The van der Waals surface area contributed by atoms with E-state index >= 15 is 0 Å². The molecule has 1 N–H and O–H groups in total. The van der Waals surface area contributed by atoms with Gasteiger partial charge in [0, 0.05) is 12.0 Å². The first-order chi connectivity index (χ1) is 10.1. The summed E-state index contributed by atoms with van der Waals surface area (Å²) in [4.78, 5) is 16.2. The molecule has 0 bridgehead atoms. The molecule has 1 aromatic rings. The van der Waals surface area contributed by atoms with Crippen molar-refractivity contribution in [3.8, 4) is 0 Å². The van der Waals surface area contributed by atoms with Crippen molar-refractivity contribution in [1.82, 2.24) is 10.2 Å². The topological polar surface area (TPSA) is 41.6 Å². The molecule has 5 heteroatoms. The predicted molar refractivity (Wildman–Crippen MR) is 86.3 cm³/mol. The van der Waals surface area contributed by atoms with Crippen LogP contribution in [0, 0.1) is 0 Å². The lowest BCUT2D eigenvalue weighted by atomic mass is 9.98. The van der Waals surface area contributed by atoms with Crippen molar-refractivity contribution in [1.29, 1.82) is 0 Å². The third kappa shape index (κ3) is 3.15. The standard InChI is InChI=1S/C16H26N2O2S/c1-5-8-12(11-20-4)18-14(13-9-7-10-21-13)17-16(3,6-2)15(18)19/h7,9-10,12,14,17H,5-6,8,11H2,1-4H3. The summed E-state index contributed by atoms with van der Waals surface area (Å²) in [6, 6.07) is 4.26. The number of hydrogen-bond acceptors (Lipinski definition) is 4. The highest BCUT2D eigenvalue weighted by Gasteiger charge is 2.49. The van der Waals surface area contributed by atoms with Gasteiger partial charge in [-0.1, -0.05) is 26.3 Å². The molecule has 1 aliphatic rings. The van der Waals surface area contributed by atoms with E-state index < -0.39 is 5.54 Å². The minimum atomic E-state index is -0.478. The molecule has 2 rings (SSSR count). The molecule has 3 unspecified atom stereocenters. The van der Waals surface area contributed by atoms with E-state index in [4.69, 9.17) is 4.74 Å². The van der Waals surface area contributed by atoms with E-state index in [1.165, 1.54) is 4.88 Å². The molecule has 1 aromatic heterocycles. The monoisotopic (exact) mass is 310 g/mol. The Morgan fingerprint density at radius 1 is 1.52 bits per heavy atom. The first kappa shape index (κ1) is 16.5. The van der Waals surface area contributed by atoms with Gasteiger partial charge in [0.2, 0.25) is 5.91 Å². The van der Waals surface area contributed by atoms with Crippen LogP contribution in [0.25, 0.3) is 0 Å². The van der Waals surface area contributed by atoms with Crippen molar-refractivity contribution in [2.24, 2.45) is 0 Å². The Hall–Kier alpha value is -0.910. The average molecular weight is 310 g/mol. The summed E-state index contributed by atoms with van der Waals surface area (Å²) in [5.74, 6) is 0.193. The van der Waals surface area contributed by atoms with Crippen molar-refractivity contribution in [3.05, 3.63) is 22.4 Å². The van der Waals surface area contributed by atoms with E-state index in [-0.39, 0.29) is 18.1 Å². The third-order valence-electron chi connectivity index (χ3n) is 4.33. The maximum absolute atomic E-state index is 13.0. The summed E-state index contributed by atoms with van der Waals surface area (Å²) in [6.07, 6.45) is 2.76. The van der Waals surface area contributed by atoms with Gasteiger partial charge < -0.3 is 9.64 Å². The second-order valence-corrected chi connectivity index (χ2v) is 6.84. The minimum Gasteiger partial charge on any atom is -0.383 e. The van der Waals surface area contributed by atoms with Crippen LogP contribution < -0.4 is 5.32 Å². The zero-order valence-electron chi connectivity index (χ0n) is 13.4. The molecule has 0 radical (unpaired) electrons. The minimum absolute atomic E-state index is 0.0332. The number of hydrogen-bond donors (Lipinski definition) is 1. The van der Waals surface area contributed by atoms with Crippen molar-refractivity contribution >= 4 is 17.2 Å². The van der Waals surface area contributed by atoms with Crippen molar-refractivity contribution in [2.75, 3.05) is 13.7 Å². The number of carbonyl (C=O) groups excluding carboxylic acids is 1. The lowest BCUT2D eigenvalue weighted by molar-refractivity contribution is -0.136. The lowest BCUT2D eigenvalue weighted by Gasteiger charge is -2.32.